The lowest BCUT2D eigenvalue weighted by Gasteiger charge is -2.29. The number of piperazine rings is 1. The zero-order valence-electron chi connectivity index (χ0n) is 22.7. The van der Waals surface area contributed by atoms with Crippen molar-refractivity contribution in [3.05, 3.63) is 78.5 Å². The maximum Gasteiger partial charge on any atom is 0.301 e. The van der Waals surface area contributed by atoms with Gasteiger partial charge in [-0.2, -0.15) is 17.8 Å². The lowest BCUT2D eigenvalue weighted by atomic mass is 9.99. The first-order valence-electron chi connectivity index (χ1n) is 13.8. The number of hydrogen-bond acceptors (Lipinski definition) is 6. The minimum Gasteiger partial charge on any atom is -0.369 e. The van der Waals surface area contributed by atoms with Gasteiger partial charge in [0.15, 0.2) is 5.82 Å². The Morgan fingerprint density at radius 3 is 2.21 bits per heavy atom. The second-order valence-corrected chi connectivity index (χ2v) is 11.9. The van der Waals surface area contributed by atoms with Gasteiger partial charge in [-0.3, -0.25) is 9.71 Å². The number of rotatable bonds is 8. The standard InChI is InChI=1S/C29H30F3N7O2S/c30-27-24(17-21(29(31)32)18-26(27)36-42(40,41)38-13-1-2-14-38)25-19-39(35-28(25)20-7-9-33-10-8-20)23-5-3-22(4-6-23)37-15-11-34-12-16-37/h3-10,17-19,29,34,36H,1-2,11-16H2. The summed E-state index contributed by atoms with van der Waals surface area (Å²) in [5, 5.41) is 8.05. The highest BCUT2D eigenvalue weighted by molar-refractivity contribution is 7.90. The van der Waals surface area contributed by atoms with Crippen LogP contribution in [0.3, 0.4) is 0 Å². The van der Waals surface area contributed by atoms with E-state index in [-0.39, 0.29) is 24.2 Å². The van der Waals surface area contributed by atoms with Crippen LogP contribution in [-0.2, 0) is 10.2 Å². The Balaban J connectivity index is 1.44. The Kier molecular flexibility index (Phi) is 7.88. The number of nitrogens with one attached hydrogen (secondary N) is 2. The molecule has 220 valence electrons. The highest BCUT2D eigenvalue weighted by atomic mass is 32.2. The molecule has 0 aliphatic carbocycles. The van der Waals surface area contributed by atoms with Crippen molar-refractivity contribution >= 4 is 21.6 Å². The lowest BCUT2D eigenvalue weighted by Crippen LogP contribution is -2.43. The maximum atomic E-state index is 16.1. The first-order chi connectivity index (χ1) is 20.3. The van der Waals surface area contributed by atoms with Crippen LogP contribution in [0, 0.1) is 5.82 Å². The van der Waals surface area contributed by atoms with E-state index in [1.165, 1.54) is 4.31 Å². The lowest BCUT2D eigenvalue weighted by molar-refractivity contribution is 0.151. The van der Waals surface area contributed by atoms with Crippen molar-refractivity contribution in [3.63, 3.8) is 0 Å². The highest BCUT2D eigenvalue weighted by Gasteiger charge is 2.29. The molecule has 4 aromatic rings. The molecule has 0 bridgehead atoms. The van der Waals surface area contributed by atoms with E-state index in [1.54, 1.807) is 35.4 Å². The minimum atomic E-state index is -4.13. The van der Waals surface area contributed by atoms with Gasteiger partial charge in [-0.25, -0.2) is 17.9 Å². The zero-order chi connectivity index (χ0) is 29.3. The SMILES string of the molecule is O=S(=O)(Nc1cc(C(F)F)cc(-c2cn(-c3ccc(N4CCNCC4)cc3)nc2-c2ccncc2)c1F)N1CCCC1. The van der Waals surface area contributed by atoms with Crippen LogP contribution in [0.15, 0.2) is 67.1 Å². The van der Waals surface area contributed by atoms with Gasteiger partial charge in [-0.05, 0) is 61.4 Å². The number of nitrogens with zero attached hydrogens (tertiary/aromatic N) is 5. The fourth-order valence-electron chi connectivity index (χ4n) is 5.34. The molecule has 6 rings (SSSR count). The molecule has 2 fully saturated rings. The average Bonchev–Trinajstić information content (AvgIpc) is 3.71. The topological polar surface area (TPSA) is 95.4 Å². The number of anilines is 2. The van der Waals surface area contributed by atoms with Crippen LogP contribution in [0.5, 0.6) is 0 Å². The number of hydrogen-bond donors (Lipinski definition) is 2. The molecule has 4 heterocycles. The third-order valence-electron chi connectivity index (χ3n) is 7.55. The Labute approximate surface area is 242 Å². The molecule has 0 saturated carbocycles. The summed E-state index contributed by atoms with van der Waals surface area (Å²) in [7, 11) is -4.13. The zero-order valence-corrected chi connectivity index (χ0v) is 23.5. The van der Waals surface area contributed by atoms with Crippen molar-refractivity contribution < 1.29 is 21.6 Å². The molecule has 0 atom stereocenters. The van der Waals surface area contributed by atoms with E-state index >= 15 is 4.39 Å². The highest BCUT2D eigenvalue weighted by Crippen LogP contribution is 2.39. The molecular weight excluding hydrogens is 567 g/mol. The summed E-state index contributed by atoms with van der Waals surface area (Å²) in [6.07, 6.45) is 3.08. The van der Waals surface area contributed by atoms with E-state index in [4.69, 9.17) is 5.10 Å². The van der Waals surface area contributed by atoms with E-state index in [9.17, 15) is 17.2 Å². The molecule has 0 radical (unpaired) electrons. The molecule has 2 aromatic carbocycles. The van der Waals surface area contributed by atoms with Crippen LogP contribution >= 0.6 is 0 Å². The summed E-state index contributed by atoms with van der Waals surface area (Å²) in [4.78, 5) is 6.31. The monoisotopic (exact) mass is 597 g/mol. The molecule has 2 aliphatic heterocycles. The van der Waals surface area contributed by atoms with Crippen molar-refractivity contribution in [2.24, 2.45) is 0 Å². The van der Waals surface area contributed by atoms with E-state index < -0.39 is 33.7 Å². The molecule has 0 amide bonds. The fraction of sp³-hybridized carbons (Fsp3) is 0.310. The number of alkyl halides is 2. The minimum absolute atomic E-state index is 0.192. The van der Waals surface area contributed by atoms with Crippen molar-refractivity contribution in [2.45, 2.75) is 19.3 Å². The van der Waals surface area contributed by atoms with Gasteiger partial charge in [0.05, 0.1) is 11.4 Å². The molecule has 0 spiro atoms. The normalized spacial score (nSPS) is 16.3. The molecule has 2 aromatic heterocycles. The smallest absolute Gasteiger partial charge is 0.301 e. The van der Waals surface area contributed by atoms with E-state index in [1.807, 2.05) is 24.3 Å². The molecule has 2 saturated heterocycles. The predicted octanol–water partition coefficient (Wildman–Crippen LogP) is 4.84. The van der Waals surface area contributed by atoms with Crippen LogP contribution in [0.4, 0.5) is 24.5 Å². The van der Waals surface area contributed by atoms with Gasteiger partial charge in [0.1, 0.15) is 5.69 Å². The van der Waals surface area contributed by atoms with Crippen molar-refractivity contribution in [1.29, 1.82) is 0 Å². The third kappa shape index (κ3) is 5.72. The van der Waals surface area contributed by atoms with Gasteiger partial charge >= 0.3 is 10.2 Å². The van der Waals surface area contributed by atoms with Gasteiger partial charge in [0.25, 0.3) is 6.43 Å². The molecule has 9 nitrogen and oxygen atoms in total. The Morgan fingerprint density at radius 2 is 1.55 bits per heavy atom. The number of pyridine rings is 1. The van der Waals surface area contributed by atoms with Crippen molar-refractivity contribution in [2.75, 3.05) is 48.9 Å². The third-order valence-corrected chi connectivity index (χ3v) is 9.07. The van der Waals surface area contributed by atoms with Crippen LogP contribution < -0.4 is 14.9 Å². The molecule has 42 heavy (non-hydrogen) atoms. The quantitative estimate of drug-likeness (QED) is 0.302. The van der Waals surface area contributed by atoms with Gasteiger partial charge < -0.3 is 10.2 Å². The maximum absolute atomic E-state index is 16.1. The summed E-state index contributed by atoms with van der Waals surface area (Å²) in [5.41, 5.74) is 1.67. The fourth-order valence-corrected chi connectivity index (χ4v) is 6.63. The summed E-state index contributed by atoms with van der Waals surface area (Å²) in [5.74, 6) is -0.967. The van der Waals surface area contributed by atoms with E-state index in [0.29, 0.717) is 29.8 Å². The van der Waals surface area contributed by atoms with Crippen LogP contribution in [0.2, 0.25) is 0 Å². The van der Waals surface area contributed by atoms with Crippen LogP contribution in [0.1, 0.15) is 24.8 Å². The van der Waals surface area contributed by atoms with Gasteiger partial charge in [-0.15, -0.1) is 0 Å². The van der Waals surface area contributed by atoms with Crippen molar-refractivity contribution in [1.82, 2.24) is 24.4 Å². The van der Waals surface area contributed by atoms with Crippen LogP contribution in [-0.4, -0.2) is 66.8 Å². The first kappa shape index (κ1) is 28.2. The molecule has 13 heteroatoms. The molecule has 2 aliphatic rings. The number of halogens is 3. The summed E-state index contributed by atoms with van der Waals surface area (Å²) in [6.45, 7) is 4.15. The van der Waals surface area contributed by atoms with E-state index in [0.717, 1.165) is 44.0 Å². The second-order valence-electron chi connectivity index (χ2n) is 10.3. The summed E-state index contributed by atoms with van der Waals surface area (Å²) < 4.78 is 75.1. The summed E-state index contributed by atoms with van der Waals surface area (Å²) in [6, 6.07) is 13.0. The largest absolute Gasteiger partial charge is 0.369 e. The predicted molar refractivity (Wildman–Crippen MR) is 156 cm³/mol. The molecule has 2 N–H and O–H groups in total. The number of benzene rings is 2. The Bertz CT molecular complexity index is 1650. The Morgan fingerprint density at radius 1 is 0.881 bits per heavy atom. The molecular formula is C29H30F3N7O2S. The van der Waals surface area contributed by atoms with Crippen molar-refractivity contribution in [3.8, 4) is 28.1 Å². The van der Waals surface area contributed by atoms with E-state index in [2.05, 4.69) is 19.9 Å². The van der Waals surface area contributed by atoms with Gasteiger partial charge in [-0.1, -0.05) is 0 Å². The average molecular weight is 598 g/mol. The summed E-state index contributed by atoms with van der Waals surface area (Å²) >= 11 is 0. The van der Waals surface area contributed by atoms with Crippen LogP contribution in [0.25, 0.3) is 28.1 Å². The number of aromatic nitrogens is 3. The Hall–Kier alpha value is -3.94. The van der Waals surface area contributed by atoms with Gasteiger partial charge in [0.2, 0.25) is 0 Å². The first-order valence-corrected chi connectivity index (χ1v) is 15.2. The second kappa shape index (κ2) is 11.7. The molecule has 0 unspecified atom stereocenters. The van der Waals surface area contributed by atoms with Gasteiger partial charge in [0, 0.05) is 85.8 Å².